The van der Waals surface area contributed by atoms with Crippen LogP contribution in [0.15, 0.2) is 61.1 Å². The van der Waals surface area contributed by atoms with Crippen molar-refractivity contribution in [1.29, 1.82) is 0 Å². The number of carbonyl (C=O) groups excluding carboxylic acids is 1. The van der Waals surface area contributed by atoms with E-state index in [0.717, 1.165) is 25.3 Å². The van der Waals surface area contributed by atoms with Crippen LogP contribution in [0.2, 0.25) is 0 Å². The van der Waals surface area contributed by atoms with Crippen LogP contribution in [0.4, 0.5) is 0 Å². The highest BCUT2D eigenvalue weighted by atomic mass is 16.2. The molecule has 2 aliphatic heterocycles. The molecule has 1 fully saturated rings. The predicted molar refractivity (Wildman–Crippen MR) is 102 cm³/mol. The van der Waals surface area contributed by atoms with E-state index in [-0.39, 0.29) is 11.9 Å². The molecule has 138 valence electrons. The summed E-state index contributed by atoms with van der Waals surface area (Å²) < 4.78 is 4.02. The van der Waals surface area contributed by atoms with Crippen molar-refractivity contribution >= 4 is 5.91 Å². The maximum atomic E-state index is 13.2. The van der Waals surface area contributed by atoms with Crippen molar-refractivity contribution in [2.75, 3.05) is 13.1 Å². The predicted octanol–water partition coefficient (Wildman–Crippen LogP) is 2.30. The van der Waals surface area contributed by atoms with Crippen LogP contribution in [-0.2, 0) is 20.1 Å². The van der Waals surface area contributed by atoms with Crippen LogP contribution in [-0.4, -0.2) is 49.2 Å². The molecule has 5 rings (SSSR count). The number of benzene rings is 1. The van der Waals surface area contributed by atoms with Gasteiger partial charge in [0.2, 0.25) is 0 Å². The minimum atomic E-state index is 0.133. The molecule has 4 heterocycles. The van der Waals surface area contributed by atoms with Gasteiger partial charge in [-0.25, -0.2) is 0 Å². The Bertz CT molecular complexity index is 960. The summed E-state index contributed by atoms with van der Waals surface area (Å²) >= 11 is 0. The highest BCUT2D eigenvalue weighted by molar-refractivity contribution is 5.94. The second-order valence-corrected chi connectivity index (χ2v) is 7.57. The first-order valence-corrected chi connectivity index (χ1v) is 9.40. The molecule has 3 aromatic rings. The van der Waals surface area contributed by atoms with Crippen molar-refractivity contribution < 1.29 is 4.79 Å². The Morgan fingerprint density at radius 1 is 1.00 bits per heavy atom. The van der Waals surface area contributed by atoms with Gasteiger partial charge < -0.3 is 9.47 Å². The lowest BCUT2D eigenvalue weighted by Gasteiger charge is -2.38. The van der Waals surface area contributed by atoms with Crippen molar-refractivity contribution in [3.05, 3.63) is 77.9 Å². The van der Waals surface area contributed by atoms with Crippen molar-refractivity contribution in [2.45, 2.75) is 25.2 Å². The average molecular weight is 361 g/mol. The molecule has 6 nitrogen and oxygen atoms in total. The van der Waals surface area contributed by atoms with E-state index < -0.39 is 0 Å². The molecule has 2 atom stereocenters. The summed E-state index contributed by atoms with van der Waals surface area (Å²) in [5.41, 5.74) is 3.19. The van der Waals surface area contributed by atoms with Crippen LogP contribution >= 0.6 is 0 Å². The first kappa shape index (κ1) is 16.3. The first-order valence-electron chi connectivity index (χ1n) is 9.40. The number of aromatic nitrogens is 3. The lowest BCUT2D eigenvalue weighted by atomic mass is 10.0. The number of aryl methyl sites for hydroxylation is 1. The number of likely N-dealkylation sites (tertiary alicyclic amines) is 1. The number of nitrogens with zero attached hydrogens (tertiary/aromatic N) is 5. The summed E-state index contributed by atoms with van der Waals surface area (Å²) in [5, 5.41) is 4.28. The molecule has 0 aliphatic carbocycles. The van der Waals surface area contributed by atoms with Crippen molar-refractivity contribution in [3.8, 4) is 0 Å². The molecule has 0 bridgehead atoms. The zero-order valence-electron chi connectivity index (χ0n) is 15.4. The Balaban J connectivity index is 1.43. The summed E-state index contributed by atoms with van der Waals surface area (Å²) in [6.07, 6.45) is 6.05. The highest BCUT2D eigenvalue weighted by Gasteiger charge is 2.44. The van der Waals surface area contributed by atoms with Crippen molar-refractivity contribution in [2.24, 2.45) is 7.05 Å². The van der Waals surface area contributed by atoms with E-state index in [9.17, 15) is 4.79 Å². The number of rotatable bonds is 4. The van der Waals surface area contributed by atoms with E-state index in [1.807, 2.05) is 48.3 Å². The number of hydrogen-bond acceptors (Lipinski definition) is 3. The van der Waals surface area contributed by atoms with Crippen molar-refractivity contribution in [3.63, 3.8) is 0 Å². The van der Waals surface area contributed by atoms with Gasteiger partial charge in [0.05, 0.1) is 18.3 Å². The van der Waals surface area contributed by atoms with E-state index in [4.69, 9.17) is 0 Å². The third-order valence-electron chi connectivity index (χ3n) is 5.71. The minimum Gasteiger partial charge on any atom is -0.337 e. The van der Waals surface area contributed by atoms with Gasteiger partial charge in [-0.05, 0) is 17.7 Å². The second-order valence-electron chi connectivity index (χ2n) is 7.57. The third kappa shape index (κ3) is 2.86. The summed E-state index contributed by atoms with van der Waals surface area (Å²) in [5.74, 6) is 0.133. The normalized spacial score (nSPS) is 22.1. The SMILES string of the molecule is Cn1cc(CN2CC3C(C2)n2cccc2C(=O)N3Cc2ccccc2)cn1. The van der Waals surface area contributed by atoms with Gasteiger partial charge >= 0.3 is 0 Å². The van der Waals surface area contributed by atoms with Gasteiger partial charge in [-0.15, -0.1) is 0 Å². The Morgan fingerprint density at radius 3 is 2.59 bits per heavy atom. The molecule has 2 aliphatic rings. The van der Waals surface area contributed by atoms with E-state index in [2.05, 4.69) is 44.0 Å². The summed E-state index contributed by atoms with van der Waals surface area (Å²) in [7, 11) is 1.94. The van der Waals surface area contributed by atoms with Crippen LogP contribution in [0.25, 0.3) is 0 Å². The van der Waals surface area contributed by atoms with Gasteiger partial charge in [0.1, 0.15) is 5.69 Å². The number of carbonyl (C=O) groups is 1. The highest BCUT2D eigenvalue weighted by Crippen LogP contribution is 2.35. The van der Waals surface area contributed by atoms with Crippen LogP contribution < -0.4 is 0 Å². The van der Waals surface area contributed by atoms with E-state index >= 15 is 0 Å². The summed E-state index contributed by atoms with van der Waals surface area (Å²) in [6, 6.07) is 14.7. The maximum Gasteiger partial charge on any atom is 0.271 e. The Hall–Kier alpha value is -2.86. The number of amides is 1. The monoisotopic (exact) mass is 361 g/mol. The smallest absolute Gasteiger partial charge is 0.271 e. The lowest BCUT2D eigenvalue weighted by molar-refractivity contribution is 0.0556. The van der Waals surface area contributed by atoms with Gasteiger partial charge in [0.25, 0.3) is 5.91 Å². The number of fused-ring (bicyclic) bond motifs is 3. The lowest BCUT2D eigenvalue weighted by Crippen LogP contribution is -2.49. The van der Waals surface area contributed by atoms with Crippen LogP contribution in [0.1, 0.15) is 27.7 Å². The topological polar surface area (TPSA) is 46.3 Å². The molecule has 2 unspecified atom stereocenters. The first-order chi connectivity index (χ1) is 13.2. The zero-order chi connectivity index (χ0) is 18.4. The Kier molecular flexibility index (Phi) is 3.86. The molecular weight excluding hydrogens is 338 g/mol. The molecule has 1 amide bonds. The minimum absolute atomic E-state index is 0.133. The van der Waals surface area contributed by atoms with Gasteiger partial charge in [0, 0.05) is 51.2 Å². The van der Waals surface area contributed by atoms with E-state index in [1.54, 1.807) is 0 Å². The Morgan fingerprint density at radius 2 is 1.81 bits per heavy atom. The standard InChI is InChI=1S/C21H23N5O/c1-23-11-17(10-22-23)12-24-14-19-20(15-24)26(13-16-6-3-2-4-7-16)21(27)18-8-5-9-25(18)19/h2-11,19-20H,12-15H2,1H3. The summed E-state index contributed by atoms with van der Waals surface area (Å²) in [6.45, 7) is 3.35. The zero-order valence-corrected chi connectivity index (χ0v) is 15.4. The number of hydrogen-bond donors (Lipinski definition) is 0. The van der Waals surface area contributed by atoms with Gasteiger partial charge in [-0.1, -0.05) is 30.3 Å². The van der Waals surface area contributed by atoms with E-state index in [0.29, 0.717) is 12.6 Å². The molecule has 0 spiro atoms. The molecule has 1 aromatic carbocycles. The Labute approximate surface area is 158 Å². The fourth-order valence-corrected chi connectivity index (χ4v) is 4.50. The fourth-order valence-electron chi connectivity index (χ4n) is 4.50. The molecule has 0 radical (unpaired) electrons. The van der Waals surface area contributed by atoms with Crippen molar-refractivity contribution in [1.82, 2.24) is 24.1 Å². The molecule has 27 heavy (non-hydrogen) atoms. The van der Waals surface area contributed by atoms with Crippen LogP contribution in [0.3, 0.4) is 0 Å². The van der Waals surface area contributed by atoms with E-state index in [1.165, 1.54) is 11.1 Å². The fraction of sp³-hybridized carbons (Fsp3) is 0.333. The average Bonchev–Trinajstić information content (AvgIpc) is 3.39. The molecule has 1 saturated heterocycles. The maximum absolute atomic E-state index is 13.2. The van der Waals surface area contributed by atoms with Gasteiger partial charge in [-0.2, -0.15) is 5.10 Å². The van der Waals surface area contributed by atoms with Gasteiger partial charge in [-0.3, -0.25) is 14.4 Å². The molecule has 0 saturated carbocycles. The van der Waals surface area contributed by atoms with Crippen LogP contribution in [0, 0.1) is 0 Å². The largest absolute Gasteiger partial charge is 0.337 e. The molecule has 0 N–H and O–H groups in total. The molecule has 6 heteroatoms. The molecule has 2 aromatic heterocycles. The quantitative estimate of drug-likeness (QED) is 0.716. The summed E-state index contributed by atoms with van der Waals surface area (Å²) in [4.78, 5) is 17.7. The van der Waals surface area contributed by atoms with Crippen LogP contribution in [0.5, 0.6) is 0 Å². The third-order valence-corrected chi connectivity index (χ3v) is 5.71. The molecular formula is C21H23N5O. The van der Waals surface area contributed by atoms with Gasteiger partial charge in [0.15, 0.2) is 0 Å². The second kappa shape index (κ2) is 6.39.